The van der Waals surface area contributed by atoms with Crippen LogP contribution >= 0.6 is 22.6 Å². The Kier molecular flexibility index (Phi) is 7.32. The van der Waals surface area contributed by atoms with Crippen molar-refractivity contribution >= 4 is 26.5 Å². The molecule has 0 unspecified atom stereocenters. The van der Waals surface area contributed by atoms with E-state index in [0.717, 1.165) is 0 Å². The van der Waals surface area contributed by atoms with E-state index in [9.17, 15) is 4.79 Å². The molecule has 10 heavy (non-hydrogen) atoms. The number of hydrogen-bond acceptors (Lipinski definition) is 3. The van der Waals surface area contributed by atoms with E-state index in [2.05, 4.69) is 10.6 Å². The first-order valence-electron chi connectivity index (χ1n) is 3.02. The van der Waals surface area contributed by atoms with Crippen LogP contribution in [0.3, 0.4) is 0 Å². The molecule has 4 nitrogen and oxygen atoms in total. The number of carbonyl (C=O) groups excluding carboxylic acids is 1. The fourth-order valence-electron chi connectivity index (χ4n) is 0.453. The Balaban J connectivity index is 2.84. The van der Waals surface area contributed by atoms with Crippen molar-refractivity contribution < 1.29 is 9.90 Å². The average molecular weight is 258 g/mol. The molecule has 60 valence electrons. The van der Waals surface area contributed by atoms with Crippen LogP contribution in [-0.2, 0) is 0 Å². The summed E-state index contributed by atoms with van der Waals surface area (Å²) in [6.45, 7) is 2.03. The summed E-state index contributed by atoms with van der Waals surface area (Å²) >= 11 is 1.68. The smallest absolute Gasteiger partial charge is 0.280 e. The Morgan fingerprint density at radius 1 is 1.40 bits per heavy atom. The lowest BCUT2D eigenvalue weighted by molar-refractivity contribution is 0.262. The molecule has 0 aliphatic carbocycles. The Hall–Kier alpha value is 0.120. The van der Waals surface area contributed by atoms with E-state index >= 15 is 0 Å². The first-order valence-corrected chi connectivity index (χ1v) is 4.10. The summed E-state index contributed by atoms with van der Waals surface area (Å²) in [5, 5.41) is 13.9. The normalized spacial score (nSPS) is 9.40. The van der Waals surface area contributed by atoms with Gasteiger partial charge in [-0.25, -0.2) is 0 Å². The molecule has 0 spiro atoms. The summed E-state index contributed by atoms with van der Waals surface area (Å²) in [6.07, 6.45) is 0. The lowest BCUT2D eigenvalue weighted by Gasteiger charge is -2.01. The third-order valence-electron chi connectivity index (χ3n) is 0.854. The molecule has 0 aliphatic heterocycles. The lowest BCUT2D eigenvalue weighted by atomic mass is 10.6. The highest BCUT2D eigenvalue weighted by Crippen LogP contribution is 1.79. The molecule has 0 aliphatic rings. The van der Waals surface area contributed by atoms with Crippen molar-refractivity contribution in [1.82, 2.24) is 10.6 Å². The van der Waals surface area contributed by atoms with Crippen molar-refractivity contribution in [2.45, 2.75) is 0 Å². The molecule has 1 amide bonds. The third kappa shape index (κ3) is 8.12. The van der Waals surface area contributed by atoms with Crippen molar-refractivity contribution in [3.8, 4) is 0 Å². The van der Waals surface area contributed by atoms with E-state index in [0.29, 0.717) is 19.6 Å². The summed E-state index contributed by atoms with van der Waals surface area (Å²) in [5.74, 6) is 0. The van der Waals surface area contributed by atoms with E-state index in [-0.39, 0.29) is 10.5 Å². The van der Waals surface area contributed by atoms with Gasteiger partial charge in [-0.1, -0.05) is 0 Å². The van der Waals surface area contributed by atoms with E-state index in [1.54, 1.807) is 22.6 Å². The van der Waals surface area contributed by atoms with Crippen LogP contribution in [0.15, 0.2) is 0 Å². The minimum atomic E-state index is -0.0524. The summed E-state index contributed by atoms with van der Waals surface area (Å²) in [6, 6.07) is 0. The molecule has 3 N–H and O–H groups in total. The molecule has 5 heteroatoms. The second kappa shape index (κ2) is 7.23. The van der Waals surface area contributed by atoms with Crippen LogP contribution in [0.5, 0.6) is 0 Å². The molecule has 0 saturated heterocycles. The SMILES string of the molecule is O=C(I)NCCNCCO. The van der Waals surface area contributed by atoms with Crippen LogP contribution in [0.1, 0.15) is 0 Å². The second-order valence-corrected chi connectivity index (χ2v) is 2.65. The number of aliphatic hydroxyl groups is 1. The van der Waals surface area contributed by atoms with Crippen molar-refractivity contribution in [1.29, 1.82) is 0 Å². The summed E-state index contributed by atoms with van der Waals surface area (Å²) in [5.41, 5.74) is 0. The van der Waals surface area contributed by atoms with Crippen molar-refractivity contribution in [3.63, 3.8) is 0 Å². The fraction of sp³-hybridized carbons (Fsp3) is 0.800. The van der Waals surface area contributed by atoms with Crippen LogP contribution in [0.25, 0.3) is 0 Å². The first-order chi connectivity index (χ1) is 4.77. The Morgan fingerprint density at radius 2 is 2.10 bits per heavy atom. The molecule has 0 aromatic rings. The quantitative estimate of drug-likeness (QED) is 0.275. The Bertz CT molecular complexity index is 99.6. The standard InChI is InChI=1S/C5H11IN2O2/c6-5(10)8-2-1-7-3-4-9/h7,9H,1-4H2,(H,8,10). The summed E-state index contributed by atoms with van der Waals surface area (Å²) in [7, 11) is 0. The molecule has 0 bridgehead atoms. The maximum atomic E-state index is 10.3. The van der Waals surface area contributed by atoms with Gasteiger partial charge in [0.05, 0.1) is 6.61 Å². The van der Waals surface area contributed by atoms with Gasteiger partial charge in [-0.05, 0) is 0 Å². The van der Waals surface area contributed by atoms with Gasteiger partial charge in [0.25, 0.3) is 3.91 Å². The average Bonchev–Trinajstić information content (AvgIpc) is 1.87. The van der Waals surface area contributed by atoms with Gasteiger partial charge in [0.1, 0.15) is 0 Å². The van der Waals surface area contributed by atoms with Gasteiger partial charge in [-0.2, -0.15) is 0 Å². The monoisotopic (exact) mass is 258 g/mol. The van der Waals surface area contributed by atoms with Crippen LogP contribution < -0.4 is 10.6 Å². The van der Waals surface area contributed by atoms with Crippen LogP contribution in [0.4, 0.5) is 4.79 Å². The zero-order chi connectivity index (χ0) is 7.82. The van der Waals surface area contributed by atoms with Gasteiger partial charge in [0.15, 0.2) is 0 Å². The molecule has 0 aromatic carbocycles. The maximum Gasteiger partial charge on any atom is 0.280 e. The number of halogens is 1. The number of rotatable bonds is 5. The molecule has 0 fully saturated rings. The molecule has 0 rings (SSSR count). The predicted molar refractivity (Wildman–Crippen MR) is 47.4 cm³/mol. The van der Waals surface area contributed by atoms with Crippen molar-refractivity contribution in [2.75, 3.05) is 26.2 Å². The first kappa shape index (κ1) is 10.1. The van der Waals surface area contributed by atoms with Gasteiger partial charge >= 0.3 is 0 Å². The zero-order valence-corrected chi connectivity index (χ0v) is 7.72. The number of amides is 1. The van der Waals surface area contributed by atoms with Gasteiger partial charge in [-0.15, -0.1) is 0 Å². The van der Waals surface area contributed by atoms with Gasteiger partial charge < -0.3 is 15.7 Å². The third-order valence-corrected chi connectivity index (χ3v) is 1.24. The second-order valence-electron chi connectivity index (χ2n) is 1.67. The minimum absolute atomic E-state index is 0.0524. The van der Waals surface area contributed by atoms with E-state index in [4.69, 9.17) is 5.11 Å². The molecule has 0 heterocycles. The van der Waals surface area contributed by atoms with Crippen LogP contribution in [0, 0.1) is 0 Å². The van der Waals surface area contributed by atoms with Crippen molar-refractivity contribution in [2.24, 2.45) is 0 Å². The van der Waals surface area contributed by atoms with E-state index in [1.165, 1.54) is 0 Å². The number of nitrogens with one attached hydrogen (secondary N) is 2. The largest absolute Gasteiger partial charge is 0.395 e. The molecular formula is C5H11IN2O2. The number of carbonyl (C=O) groups is 1. The van der Waals surface area contributed by atoms with E-state index < -0.39 is 0 Å². The number of aliphatic hydroxyl groups excluding tert-OH is 1. The Labute approximate surface area is 73.5 Å². The highest BCUT2D eigenvalue weighted by molar-refractivity contribution is 14.1. The summed E-state index contributed by atoms with van der Waals surface area (Å²) < 4.78 is -0.0524. The van der Waals surface area contributed by atoms with Gasteiger partial charge in [-0.3, -0.25) is 4.79 Å². The van der Waals surface area contributed by atoms with Crippen LogP contribution in [0.2, 0.25) is 0 Å². The predicted octanol–water partition coefficient (Wildman–Crippen LogP) is -0.287. The molecule has 0 radical (unpaired) electrons. The molecule has 0 aromatic heterocycles. The van der Waals surface area contributed by atoms with Crippen molar-refractivity contribution in [3.05, 3.63) is 0 Å². The topological polar surface area (TPSA) is 61.4 Å². The Morgan fingerprint density at radius 3 is 2.60 bits per heavy atom. The molecule has 0 saturated carbocycles. The molecular weight excluding hydrogens is 247 g/mol. The van der Waals surface area contributed by atoms with E-state index in [1.807, 2.05) is 0 Å². The highest BCUT2D eigenvalue weighted by Gasteiger charge is 1.89. The number of hydrogen-bond donors (Lipinski definition) is 3. The lowest BCUT2D eigenvalue weighted by Crippen LogP contribution is -2.29. The van der Waals surface area contributed by atoms with Gasteiger partial charge in [0, 0.05) is 42.2 Å². The molecule has 0 atom stereocenters. The highest BCUT2D eigenvalue weighted by atomic mass is 127. The fourth-order valence-corrected chi connectivity index (χ4v) is 0.723. The van der Waals surface area contributed by atoms with Crippen LogP contribution in [-0.4, -0.2) is 35.3 Å². The maximum absolute atomic E-state index is 10.3. The zero-order valence-electron chi connectivity index (χ0n) is 5.56. The minimum Gasteiger partial charge on any atom is -0.395 e. The van der Waals surface area contributed by atoms with Gasteiger partial charge in [0.2, 0.25) is 0 Å². The summed E-state index contributed by atoms with van der Waals surface area (Å²) in [4.78, 5) is 10.3.